The lowest BCUT2D eigenvalue weighted by atomic mass is 10.1. The number of nitrogens with one attached hydrogen (secondary N) is 2. The first-order valence-electron chi connectivity index (χ1n) is 10.4. The van der Waals surface area contributed by atoms with Crippen molar-refractivity contribution in [2.24, 2.45) is 0 Å². The van der Waals surface area contributed by atoms with Gasteiger partial charge in [0.25, 0.3) is 11.8 Å². The molecular weight excluding hydrogens is 388 g/mol. The Labute approximate surface area is 183 Å². The number of carbonyl (C=O) groups is 2. The molecule has 2 amide bonds. The topological polar surface area (TPSA) is 67.4 Å². The Bertz CT molecular complexity index is 1030. The van der Waals surface area contributed by atoms with Gasteiger partial charge in [-0.05, 0) is 68.1 Å². The SMILES string of the molecule is Cc1cc(C)cc(O[C@@H](C)C(=O)Nc2ccccc2C(=O)NCCc2ccccc2)c1. The lowest BCUT2D eigenvalue weighted by Gasteiger charge is -2.17. The van der Waals surface area contributed by atoms with E-state index in [0.29, 0.717) is 23.5 Å². The van der Waals surface area contributed by atoms with Gasteiger partial charge in [0.1, 0.15) is 5.75 Å². The number of hydrogen-bond acceptors (Lipinski definition) is 3. The highest BCUT2D eigenvalue weighted by molar-refractivity contribution is 6.04. The molecule has 160 valence electrons. The van der Waals surface area contributed by atoms with Crippen molar-refractivity contribution in [1.82, 2.24) is 5.32 Å². The zero-order valence-corrected chi connectivity index (χ0v) is 18.1. The predicted octanol–water partition coefficient (Wildman–Crippen LogP) is 4.68. The van der Waals surface area contributed by atoms with Gasteiger partial charge in [-0.25, -0.2) is 0 Å². The standard InChI is InChI=1S/C26H28N2O3/c1-18-15-19(2)17-22(16-18)31-20(3)25(29)28-24-12-8-7-11-23(24)26(30)27-14-13-21-9-5-4-6-10-21/h4-12,15-17,20H,13-14H2,1-3H3,(H,27,30)(H,28,29)/t20-/m0/s1. The van der Waals surface area contributed by atoms with E-state index in [1.165, 1.54) is 0 Å². The van der Waals surface area contributed by atoms with Crippen LogP contribution in [0.1, 0.15) is 34.0 Å². The maximum atomic E-state index is 12.7. The lowest BCUT2D eigenvalue weighted by Crippen LogP contribution is -2.32. The Morgan fingerprint density at radius 2 is 1.55 bits per heavy atom. The molecule has 0 saturated carbocycles. The summed E-state index contributed by atoms with van der Waals surface area (Å²) < 4.78 is 5.81. The first-order chi connectivity index (χ1) is 14.9. The second-order valence-corrected chi connectivity index (χ2v) is 7.61. The van der Waals surface area contributed by atoms with Gasteiger partial charge in [-0.1, -0.05) is 48.5 Å². The summed E-state index contributed by atoms with van der Waals surface area (Å²) in [4.78, 5) is 25.4. The fourth-order valence-corrected chi connectivity index (χ4v) is 3.34. The number of ether oxygens (including phenoxy) is 1. The first-order valence-corrected chi connectivity index (χ1v) is 10.4. The van der Waals surface area contributed by atoms with Gasteiger partial charge in [0.05, 0.1) is 11.3 Å². The molecule has 2 N–H and O–H groups in total. The summed E-state index contributed by atoms with van der Waals surface area (Å²) in [5, 5.41) is 5.75. The highest BCUT2D eigenvalue weighted by Crippen LogP contribution is 2.19. The van der Waals surface area contributed by atoms with Gasteiger partial charge in [-0.2, -0.15) is 0 Å². The van der Waals surface area contributed by atoms with E-state index >= 15 is 0 Å². The smallest absolute Gasteiger partial charge is 0.265 e. The Kier molecular flexibility index (Phi) is 7.44. The molecule has 31 heavy (non-hydrogen) atoms. The van der Waals surface area contributed by atoms with E-state index in [2.05, 4.69) is 10.6 Å². The van der Waals surface area contributed by atoms with Crippen LogP contribution in [0.5, 0.6) is 5.75 Å². The fraction of sp³-hybridized carbons (Fsp3) is 0.231. The summed E-state index contributed by atoms with van der Waals surface area (Å²) in [7, 11) is 0. The molecule has 5 heteroatoms. The number of benzene rings is 3. The van der Waals surface area contributed by atoms with Crippen LogP contribution in [0.4, 0.5) is 5.69 Å². The minimum absolute atomic E-state index is 0.227. The molecule has 0 spiro atoms. The molecule has 0 radical (unpaired) electrons. The van der Waals surface area contributed by atoms with Crippen LogP contribution in [0.25, 0.3) is 0 Å². The summed E-state index contributed by atoms with van der Waals surface area (Å²) in [5.74, 6) is 0.102. The lowest BCUT2D eigenvalue weighted by molar-refractivity contribution is -0.122. The Hall–Kier alpha value is -3.60. The number of rotatable bonds is 8. The van der Waals surface area contributed by atoms with E-state index in [9.17, 15) is 9.59 Å². The highest BCUT2D eigenvalue weighted by Gasteiger charge is 2.18. The molecule has 0 unspecified atom stereocenters. The van der Waals surface area contributed by atoms with Crippen molar-refractivity contribution in [3.63, 3.8) is 0 Å². The third kappa shape index (κ3) is 6.44. The molecule has 0 fully saturated rings. The van der Waals surface area contributed by atoms with Crippen LogP contribution < -0.4 is 15.4 Å². The minimum atomic E-state index is -0.713. The average Bonchev–Trinajstić information content (AvgIpc) is 2.74. The number of aryl methyl sites for hydroxylation is 2. The maximum Gasteiger partial charge on any atom is 0.265 e. The molecule has 0 heterocycles. The van der Waals surface area contributed by atoms with E-state index in [4.69, 9.17) is 4.74 Å². The van der Waals surface area contributed by atoms with Gasteiger partial charge in [0.2, 0.25) is 0 Å². The van der Waals surface area contributed by atoms with Crippen LogP contribution in [-0.2, 0) is 11.2 Å². The largest absolute Gasteiger partial charge is 0.481 e. The van der Waals surface area contributed by atoms with Gasteiger partial charge in [0.15, 0.2) is 6.10 Å². The van der Waals surface area contributed by atoms with Crippen LogP contribution in [0.3, 0.4) is 0 Å². The zero-order chi connectivity index (χ0) is 22.2. The number of para-hydroxylation sites is 1. The second-order valence-electron chi connectivity index (χ2n) is 7.61. The van der Waals surface area contributed by atoms with E-state index in [1.54, 1.807) is 31.2 Å². The molecule has 3 aromatic rings. The molecule has 3 rings (SSSR count). The Morgan fingerprint density at radius 3 is 2.26 bits per heavy atom. The summed E-state index contributed by atoms with van der Waals surface area (Å²) in [6.07, 6.45) is 0.0254. The molecule has 0 aliphatic carbocycles. The first kappa shape index (κ1) is 22.1. The molecule has 0 bridgehead atoms. The van der Waals surface area contributed by atoms with Gasteiger partial charge in [-0.15, -0.1) is 0 Å². The van der Waals surface area contributed by atoms with Crippen LogP contribution in [0, 0.1) is 13.8 Å². The minimum Gasteiger partial charge on any atom is -0.481 e. The zero-order valence-electron chi connectivity index (χ0n) is 18.1. The number of amides is 2. The summed E-state index contributed by atoms with van der Waals surface area (Å²) in [6, 6.07) is 22.8. The van der Waals surface area contributed by atoms with Crippen molar-refractivity contribution in [3.8, 4) is 5.75 Å². The van der Waals surface area contributed by atoms with Crippen molar-refractivity contribution >= 4 is 17.5 Å². The quantitative estimate of drug-likeness (QED) is 0.560. The summed E-state index contributed by atoms with van der Waals surface area (Å²) in [5.41, 5.74) is 4.17. The Balaban J connectivity index is 1.61. The van der Waals surface area contributed by atoms with Crippen molar-refractivity contribution in [1.29, 1.82) is 0 Å². The average molecular weight is 417 g/mol. The molecule has 5 nitrogen and oxygen atoms in total. The summed E-state index contributed by atoms with van der Waals surface area (Å²) >= 11 is 0. The molecule has 3 aromatic carbocycles. The van der Waals surface area contributed by atoms with Crippen molar-refractivity contribution in [3.05, 3.63) is 95.1 Å². The van der Waals surface area contributed by atoms with Gasteiger partial charge in [-0.3, -0.25) is 9.59 Å². The summed E-state index contributed by atoms with van der Waals surface area (Å²) in [6.45, 7) is 6.17. The van der Waals surface area contributed by atoms with Gasteiger partial charge >= 0.3 is 0 Å². The third-order valence-corrected chi connectivity index (χ3v) is 4.85. The second kappa shape index (κ2) is 10.4. The third-order valence-electron chi connectivity index (χ3n) is 4.85. The van der Waals surface area contributed by atoms with Crippen molar-refractivity contribution in [2.45, 2.75) is 33.3 Å². The fourth-order valence-electron chi connectivity index (χ4n) is 3.34. The van der Waals surface area contributed by atoms with Crippen molar-refractivity contribution < 1.29 is 14.3 Å². The normalized spacial score (nSPS) is 11.5. The van der Waals surface area contributed by atoms with Gasteiger partial charge < -0.3 is 15.4 Å². The number of anilines is 1. The molecule has 0 aliphatic heterocycles. The highest BCUT2D eigenvalue weighted by atomic mass is 16.5. The predicted molar refractivity (Wildman–Crippen MR) is 124 cm³/mol. The molecule has 0 aromatic heterocycles. The van der Waals surface area contributed by atoms with Crippen LogP contribution in [0.15, 0.2) is 72.8 Å². The number of carbonyl (C=O) groups excluding carboxylic acids is 2. The van der Waals surface area contributed by atoms with E-state index < -0.39 is 6.10 Å². The van der Waals surface area contributed by atoms with Gasteiger partial charge in [0, 0.05) is 6.54 Å². The van der Waals surface area contributed by atoms with Crippen LogP contribution in [0.2, 0.25) is 0 Å². The van der Waals surface area contributed by atoms with E-state index in [0.717, 1.165) is 23.1 Å². The molecule has 0 saturated heterocycles. The van der Waals surface area contributed by atoms with E-state index in [1.807, 2.05) is 62.4 Å². The maximum absolute atomic E-state index is 12.7. The molecular formula is C26H28N2O3. The van der Waals surface area contributed by atoms with Crippen molar-refractivity contribution in [2.75, 3.05) is 11.9 Å². The monoisotopic (exact) mass is 416 g/mol. The Morgan fingerprint density at radius 1 is 0.903 bits per heavy atom. The molecule has 0 aliphatic rings. The molecule has 1 atom stereocenters. The van der Waals surface area contributed by atoms with E-state index in [-0.39, 0.29) is 11.8 Å². The van der Waals surface area contributed by atoms with Crippen LogP contribution >= 0.6 is 0 Å². The number of hydrogen-bond donors (Lipinski definition) is 2. The van der Waals surface area contributed by atoms with Crippen LogP contribution in [-0.4, -0.2) is 24.5 Å².